The fourth-order valence-corrected chi connectivity index (χ4v) is 2.37. The predicted molar refractivity (Wildman–Crippen MR) is 73.4 cm³/mol. The summed E-state index contributed by atoms with van der Waals surface area (Å²) in [5.41, 5.74) is 0.407. The number of halogens is 2. The van der Waals surface area contributed by atoms with Gasteiger partial charge in [0.1, 0.15) is 11.6 Å². The lowest BCUT2D eigenvalue weighted by Crippen LogP contribution is -2.17. The van der Waals surface area contributed by atoms with Crippen molar-refractivity contribution in [2.45, 2.75) is 46.0 Å². The molecule has 0 aromatic heterocycles. The van der Waals surface area contributed by atoms with E-state index in [1.807, 2.05) is 0 Å². The Morgan fingerprint density at radius 1 is 1.28 bits per heavy atom. The lowest BCUT2D eigenvalue weighted by molar-refractivity contribution is -0.122. The Hall–Kier alpha value is -0.890. The minimum atomic E-state index is -0.459. The molecular formula is C15H20ClFO. The molecule has 0 unspecified atom stereocenters. The molecule has 0 aliphatic rings. The summed E-state index contributed by atoms with van der Waals surface area (Å²) in [7, 11) is 0. The number of benzene rings is 1. The van der Waals surface area contributed by atoms with E-state index in [0.29, 0.717) is 5.56 Å². The zero-order valence-electron chi connectivity index (χ0n) is 11.0. The van der Waals surface area contributed by atoms with E-state index in [1.165, 1.54) is 6.07 Å². The molecule has 0 radical (unpaired) electrons. The van der Waals surface area contributed by atoms with Crippen LogP contribution in [0.3, 0.4) is 0 Å². The van der Waals surface area contributed by atoms with Crippen LogP contribution in [0.2, 0.25) is 5.02 Å². The highest BCUT2D eigenvalue weighted by molar-refractivity contribution is 6.30. The third-order valence-electron chi connectivity index (χ3n) is 3.13. The van der Waals surface area contributed by atoms with Crippen LogP contribution in [0, 0.1) is 11.7 Å². The van der Waals surface area contributed by atoms with Gasteiger partial charge >= 0.3 is 0 Å². The molecule has 0 N–H and O–H groups in total. The molecule has 0 aliphatic heterocycles. The van der Waals surface area contributed by atoms with Gasteiger partial charge in [0.25, 0.3) is 0 Å². The first-order chi connectivity index (χ1) is 8.60. The molecule has 0 atom stereocenters. The number of carbonyl (C=O) groups is 1. The van der Waals surface area contributed by atoms with E-state index in [4.69, 9.17) is 11.6 Å². The molecule has 0 aliphatic carbocycles. The summed E-state index contributed by atoms with van der Waals surface area (Å²) < 4.78 is 13.7. The topological polar surface area (TPSA) is 17.1 Å². The third-order valence-corrected chi connectivity index (χ3v) is 3.42. The zero-order valence-corrected chi connectivity index (χ0v) is 11.8. The van der Waals surface area contributed by atoms with E-state index in [2.05, 4.69) is 13.8 Å². The normalized spacial score (nSPS) is 10.9. The molecule has 0 spiro atoms. The van der Waals surface area contributed by atoms with Crippen LogP contribution in [-0.4, -0.2) is 5.78 Å². The highest BCUT2D eigenvalue weighted by atomic mass is 35.5. The molecule has 0 amide bonds. The minimum Gasteiger partial charge on any atom is -0.299 e. The molecule has 1 aromatic carbocycles. The van der Waals surface area contributed by atoms with E-state index in [0.717, 1.165) is 25.7 Å². The van der Waals surface area contributed by atoms with Gasteiger partial charge in [-0.3, -0.25) is 4.79 Å². The van der Waals surface area contributed by atoms with Crippen LogP contribution in [0.4, 0.5) is 4.39 Å². The van der Waals surface area contributed by atoms with Crippen LogP contribution in [0.25, 0.3) is 0 Å². The molecule has 0 bridgehead atoms. The molecule has 3 heteroatoms. The second kappa shape index (κ2) is 7.52. The van der Waals surface area contributed by atoms with Crippen LogP contribution >= 0.6 is 11.6 Å². The quantitative estimate of drug-likeness (QED) is 0.695. The first-order valence-electron chi connectivity index (χ1n) is 6.55. The Kier molecular flexibility index (Phi) is 6.34. The summed E-state index contributed by atoms with van der Waals surface area (Å²) >= 11 is 5.71. The lowest BCUT2D eigenvalue weighted by atomic mass is 9.90. The SMILES string of the molecule is CCCC(CCC)C(=O)Cc1cccc(Cl)c1F. The number of hydrogen-bond donors (Lipinski definition) is 0. The Morgan fingerprint density at radius 3 is 2.44 bits per heavy atom. The van der Waals surface area contributed by atoms with Crippen molar-refractivity contribution < 1.29 is 9.18 Å². The number of hydrogen-bond acceptors (Lipinski definition) is 1. The fraction of sp³-hybridized carbons (Fsp3) is 0.533. The van der Waals surface area contributed by atoms with Crippen LogP contribution in [0.5, 0.6) is 0 Å². The van der Waals surface area contributed by atoms with Crippen molar-refractivity contribution in [3.63, 3.8) is 0 Å². The molecule has 18 heavy (non-hydrogen) atoms. The van der Waals surface area contributed by atoms with Crippen LogP contribution < -0.4 is 0 Å². The Balaban J connectivity index is 2.75. The van der Waals surface area contributed by atoms with Crippen molar-refractivity contribution in [2.24, 2.45) is 5.92 Å². The predicted octanol–water partition coefficient (Wildman–Crippen LogP) is 4.81. The van der Waals surface area contributed by atoms with Gasteiger partial charge in [0.15, 0.2) is 0 Å². The van der Waals surface area contributed by atoms with Crippen molar-refractivity contribution in [3.8, 4) is 0 Å². The maximum atomic E-state index is 13.7. The summed E-state index contributed by atoms with van der Waals surface area (Å²) in [6, 6.07) is 4.82. The van der Waals surface area contributed by atoms with Gasteiger partial charge in [-0.1, -0.05) is 50.4 Å². The molecular weight excluding hydrogens is 251 g/mol. The van der Waals surface area contributed by atoms with Crippen molar-refractivity contribution >= 4 is 17.4 Å². The summed E-state index contributed by atoms with van der Waals surface area (Å²) in [6.07, 6.45) is 3.88. The van der Waals surface area contributed by atoms with Crippen LogP contribution in [0.15, 0.2) is 18.2 Å². The van der Waals surface area contributed by atoms with E-state index in [9.17, 15) is 9.18 Å². The Labute approximate surface area is 113 Å². The minimum absolute atomic E-state index is 0.0541. The second-order valence-corrected chi connectivity index (χ2v) is 5.04. The molecule has 100 valence electrons. The largest absolute Gasteiger partial charge is 0.299 e. The summed E-state index contributed by atoms with van der Waals surface area (Å²) in [6.45, 7) is 4.13. The number of carbonyl (C=O) groups excluding carboxylic acids is 1. The van der Waals surface area contributed by atoms with Crippen molar-refractivity contribution in [1.29, 1.82) is 0 Å². The van der Waals surface area contributed by atoms with Gasteiger partial charge in [0, 0.05) is 12.3 Å². The number of Topliss-reactive ketones (excluding diaryl/α,β-unsaturated/α-hetero) is 1. The van der Waals surface area contributed by atoms with Crippen LogP contribution in [0.1, 0.15) is 45.1 Å². The molecule has 1 rings (SSSR count). The van der Waals surface area contributed by atoms with E-state index in [-0.39, 0.29) is 23.1 Å². The average molecular weight is 271 g/mol. The molecule has 0 heterocycles. The van der Waals surface area contributed by atoms with Gasteiger partial charge in [-0.05, 0) is 24.5 Å². The first kappa shape index (κ1) is 15.2. The third kappa shape index (κ3) is 4.09. The molecule has 0 fully saturated rings. The van der Waals surface area contributed by atoms with Gasteiger partial charge in [-0.2, -0.15) is 0 Å². The van der Waals surface area contributed by atoms with Gasteiger partial charge in [-0.15, -0.1) is 0 Å². The van der Waals surface area contributed by atoms with Crippen LogP contribution in [-0.2, 0) is 11.2 Å². The van der Waals surface area contributed by atoms with Gasteiger partial charge in [0.2, 0.25) is 0 Å². The summed E-state index contributed by atoms with van der Waals surface area (Å²) in [4.78, 5) is 12.1. The fourth-order valence-electron chi connectivity index (χ4n) is 2.18. The highest BCUT2D eigenvalue weighted by Crippen LogP contribution is 2.22. The Bertz CT molecular complexity index is 397. The van der Waals surface area contributed by atoms with Gasteiger partial charge in [-0.25, -0.2) is 4.39 Å². The van der Waals surface area contributed by atoms with E-state index >= 15 is 0 Å². The maximum Gasteiger partial charge on any atom is 0.145 e. The van der Waals surface area contributed by atoms with Crippen molar-refractivity contribution in [3.05, 3.63) is 34.6 Å². The number of rotatable bonds is 7. The molecule has 0 saturated heterocycles. The molecule has 1 aromatic rings. The second-order valence-electron chi connectivity index (χ2n) is 4.63. The van der Waals surface area contributed by atoms with Crippen molar-refractivity contribution in [2.75, 3.05) is 0 Å². The summed E-state index contributed by atoms with van der Waals surface area (Å²) in [5, 5.41) is 0.0860. The number of ketones is 1. The lowest BCUT2D eigenvalue weighted by Gasteiger charge is -2.14. The van der Waals surface area contributed by atoms with E-state index in [1.54, 1.807) is 12.1 Å². The smallest absolute Gasteiger partial charge is 0.145 e. The highest BCUT2D eigenvalue weighted by Gasteiger charge is 2.18. The first-order valence-corrected chi connectivity index (χ1v) is 6.93. The average Bonchev–Trinajstić information content (AvgIpc) is 2.34. The Morgan fingerprint density at radius 2 is 1.89 bits per heavy atom. The monoisotopic (exact) mass is 270 g/mol. The summed E-state index contributed by atoms with van der Waals surface area (Å²) in [5.74, 6) is -0.280. The zero-order chi connectivity index (χ0) is 13.5. The van der Waals surface area contributed by atoms with E-state index < -0.39 is 5.82 Å². The molecule has 0 saturated carbocycles. The van der Waals surface area contributed by atoms with Gasteiger partial charge in [0.05, 0.1) is 5.02 Å². The van der Waals surface area contributed by atoms with Gasteiger partial charge < -0.3 is 0 Å². The standard InChI is InChI=1S/C15H20ClFO/c1-3-6-11(7-4-2)14(18)10-12-8-5-9-13(16)15(12)17/h5,8-9,11H,3-4,6-7,10H2,1-2H3. The van der Waals surface area contributed by atoms with Crippen molar-refractivity contribution in [1.82, 2.24) is 0 Å². The molecule has 1 nitrogen and oxygen atoms in total. The maximum absolute atomic E-state index is 13.7.